The van der Waals surface area contributed by atoms with Crippen LogP contribution in [-0.4, -0.2) is 12.6 Å². The highest BCUT2D eigenvalue weighted by Crippen LogP contribution is 2.27. The Labute approximate surface area is 104 Å². The fraction of sp³-hybridized carbons (Fsp3) is 0.533. The van der Waals surface area contributed by atoms with Crippen molar-refractivity contribution in [3.63, 3.8) is 0 Å². The minimum Gasteiger partial charge on any atom is -0.367 e. The second-order valence-electron chi connectivity index (χ2n) is 5.05. The lowest BCUT2D eigenvalue weighted by Crippen LogP contribution is -2.39. The van der Waals surface area contributed by atoms with E-state index in [1.165, 1.54) is 29.7 Å². The van der Waals surface area contributed by atoms with Gasteiger partial charge in [0.2, 0.25) is 0 Å². The molecule has 1 aliphatic heterocycles. The summed E-state index contributed by atoms with van der Waals surface area (Å²) in [5.74, 6) is 0. The van der Waals surface area contributed by atoms with Crippen LogP contribution in [0.5, 0.6) is 0 Å². The Hall–Kier alpha value is -1.49. The van der Waals surface area contributed by atoms with Crippen molar-refractivity contribution in [2.75, 3.05) is 11.4 Å². The third-order valence-corrected chi connectivity index (χ3v) is 3.49. The Bertz CT molecular complexity index is 411. The molecule has 1 unspecified atom stereocenters. The molecule has 0 amide bonds. The number of aryl methyl sites for hydroxylation is 2. The first kappa shape index (κ1) is 12.0. The molecule has 1 saturated heterocycles. The Kier molecular flexibility index (Phi) is 3.68. The molecule has 0 aromatic heterocycles. The molecule has 1 atom stereocenters. The predicted octanol–water partition coefficient (Wildman–Crippen LogP) is 3.58. The number of nitrogens with zero attached hydrogens (tertiary/aromatic N) is 2. The van der Waals surface area contributed by atoms with Crippen LogP contribution < -0.4 is 4.90 Å². The van der Waals surface area contributed by atoms with Crippen LogP contribution in [-0.2, 0) is 0 Å². The largest absolute Gasteiger partial charge is 0.367 e. The average molecular weight is 228 g/mol. The van der Waals surface area contributed by atoms with Crippen molar-refractivity contribution >= 4 is 5.69 Å². The summed E-state index contributed by atoms with van der Waals surface area (Å²) < 4.78 is 0. The van der Waals surface area contributed by atoms with E-state index >= 15 is 0 Å². The maximum absolute atomic E-state index is 8.92. The van der Waals surface area contributed by atoms with Crippen LogP contribution in [0.1, 0.15) is 36.8 Å². The van der Waals surface area contributed by atoms with Gasteiger partial charge in [-0.05, 0) is 56.4 Å². The van der Waals surface area contributed by atoms with Gasteiger partial charge in [-0.25, -0.2) is 0 Å². The third-order valence-electron chi connectivity index (χ3n) is 3.49. The van der Waals surface area contributed by atoms with E-state index in [1.54, 1.807) is 0 Å². The topological polar surface area (TPSA) is 27.0 Å². The van der Waals surface area contributed by atoms with E-state index in [-0.39, 0.29) is 0 Å². The number of hydrogen-bond donors (Lipinski definition) is 0. The minimum absolute atomic E-state index is 0.412. The lowest BCUT2D eigenvalue weighted by molar-refractivity contribution is 0.464. The van der Waals surface area contributed by atoms with E-state index < -0.39 is 0 Å². The van der Waals surface area contributed by atoms with Gasteiger partial charge in [0.05, 0.1) is 12.5 Å². The van der Waals surface area contributed by atoms with Crippen molar-refractivity contribution in [3.8, 4) is 6.07 Å². The van der Waals surface area contributed by atoms with E-state index in [9.17, 15) is 0 Å². The van der Waals surface area contributed by atoms with E-state index in [0.29, 0.717) is 12.5 Å². The number of piperidine rings is 1. The van der Waals surface area contributed by atoms with Crippen LogP contribution in [0.25, 0.3) is 0 Å². The van der Waals surface area contributed by atoms with Crippen molar-refractivity contribution in [3.05, 3.63) is 29.3 Å². The smallest absolute Gasteiger partial charge is 0.0643 e. The van der Waals surface area contributed by atoms with Crippen molar-refractivity contribution in [1.82, 2.24) is 0 Å². The highest BCUT2D eigenvalue weighted by Gasteiger charge is 2.22. The first-order chi connectivity index (χ1) is 8.20. The molecule has 2 heteroatoms. The van der Waals surface area contributed by atoms with Gasteiger partial charge in [-0.3, -0.25) is 0 Å². The Morgan fingerprint density at radius 3 is 2.59 bits per heavy atom. The van der Waals surface area contributed by atoms with Gasteiger partial charge in [-0.15, -0.1) is 0 Å². The molecule has 1 aromatic carbocycles. The molecule has 2 rings (SSSR count). The summed E-state index contributed by atoms with van der Waals surface area (Å²) in [5.41, 5.74) is 3.91. The average Bonchev–Trinajstić information content (AvgIpc) is 2.29. The molecule has 0 spiro atoms. The SMILES string of the molecule is Cc1cc(C)cc(N2CCCCC2CC#N)c1. The second-order valence-corrected chi connectivity index (χ2v) is 5.05. The van der Waals surface area contributed by atoms with Gasteiger partial charge in [-0.1, -0.05) is 6.07 Å². The quantitative estimate of drug-likeness (QED) is 0.773. The van der Waals surface area contributed by atoms with Crippen LogP contribution in [0.15, 0.2) is 18.2 Å². The first-order valence-electron chi connectivity index (χ1n) is 6.42. The van der Waals surface area contributed by atoms with Gasteiger partial charge in [-0.2, -0.15) is 5.26 Å². The molecule has 17 heavy (non-hydrogen) atoms. The summed E-state index contributed by atoms with van der Waals surface area (Å²) in [7, 11) is 0. The molecule has 0 radical (unpaired) electrons. The van der Waals surface area contributed by atoms with Crippen molar-refractivity contribution in [1.29, 1.82) is 5.26 Å². The summed E-state index contributed by atoms with van der Waals surface area (Å²) in [4.78, 5) is 2.42. The highest BCUT2D eigenvalue weighted by atomic mass is 15.2. The van der Waals surface area contributed by atoms with Gasteiger partial charge in [0.1, 0.15) is 0 Å². The summed E-state index contributed by atoms with van der Waals surface area (Å²) in [6.45, 7) is 5.37. The van der Waals surface area contributed by atoms with Gasteiger partial charge < -0.3 is 4.90 Å². The summed E-state index contributed by atoms with van der Waals surface area (Å²) in [6.07, 6.45) is 4.30. The van der Waals surface area contributed by atoms with Crippen molar-refractivity contribution in [2.45, 2.75) is 45.6 Å². The van der Waals surface area contributed by atoms with Crippen LogP contribution in [0.4, 0.5) is 5.69 Å². The normalized spacial score (nSPS) is 20.1. The number of benzene rings is 1. The van der Waals surface area contributed by atoms with Crippen LogP contribution in [0.3, 0.4) is 0 Å². The molecule has 0 saturated carbocycles. The highest BCUT2D eigenvalue weighted by molar-refractivity contribution is 5.52. The number of anilines is 1. The number of hydrogen-bond acceptors (Lipinski definition) is 2. The lowest BCUT2D eigenvalue weighted by Gasteiger charge is -2.36. The molecule has 0 N–H and O–H groups in total. The molecule has 1 aliphatic rings. The third kappa shape index (κ3) is 2.79. The molecule has 1 heterocycles. The van der Waals surface area contributed by atoms with Gasteiger partial charge in [0, 0.05) is 18.3 Å². The monoisotopic (exact) mass is 228 g/mol. The standard InChI is InChI=1S/C15H20N2/c1-12-9-13(2)11-15(10-12)17-8-4-3-5-14(17)6-7-16/h9-11,14H,3-6,8H2,1-2H3. The van der Waals surface area contributed by atoms with E-state index in [4.69, 9.17) is 5.26 Å². The molecule has 90 valence electrons. The van der Waals surface area contributed by atoms with Crippen LogP contribution in [0, 0.1) is 25.2 Å². The molecule has 0 bridgehead atoms. The summed E-state index contributed by atoms with van der Waals surface area (Å²) in [5, 5.41) is 8.92. The first-order valence-corrected chi connectivity index (χ1v) is 6.42. The second kappa shape index (κ2) is 5.23. The molecule has 1 fully saturated rings. The molecule has 1 aromatic rings. The van der Waals surface area contributed by atoms with Gasteiger partial charge in [0.15, 0.2) is 0 Å². The van der Waals surface area contributed by atoms with Crippen LogP contribution >= 0.6 is 0 Å². The summed E-state index contributed by atoms with van der Waals surface area (Å²) >= 11 is 0. The fourth-order valence-corrected chi connectivity index (χ4v) is 2.77. The maximum Gasteiger partial charge on any atom is 0.0643 e. The van der Waals surface area contributed by atoms with Crippen molar-refractivity contribution in [2.24, 2.45) is 0 Å². The summed E-state index contributed by atoms with van der Waals surface area (Å²) in [6, 6.07) is 9.42. The Morgan fingerprint density at radius 1 is 1.24 bits per heavy atom. The Morgan fingerprint density at radius 2 is 1.94 bits per heavy atom. The molecule has 2 nitrogen and oxygen atoms in total. The van der Waals surface area contributed by atoms with Gasteiger partial charge in [0.25, 0.3) is 0 Å². The lowest BCUT2D eigenvalue weighted by atomic mass is 9.98. The predicted molar refractivity (Wildman–Crippen MR) is 71.1 cm³/mol. The van der Waals surface area contributed by atoms with Crippen LogP contribution in [0.2, 0.25) is 0 Å². The maximum atomic E-state index is 8.92. The Balaban J connectivity index is 2.26. The zero-order valence-corrected chi connectivity index (χ0v) is 10.7. The van der Waals surface area contributed by atoms with E-state index in [0.717, 1.165) is 13.0 Å². The number of nitriles is 1. The zero-order chi connectivity index (χ0) is 12.3. The zero-order valence-electron chi connectivity index (χ0n) is 10.7. The molecular formula is C15H20N2. The molecular weight excluding hydrogens is 208 g/mol. The number of rotatable bonds is 2. The fourth-order valence-electron chi connectivity index (χ4n) is 2.77. The molecule has 0 aliphatic carbocycles. The minimum atomic E-state index is 0.412. The van der Waals surface area contributed by atoms with Crippen molar-refractivity contribution < 1.29 is 0 Å². The van der Waals surface area contributed by atoms with E-state index in [1.807, 2.05) is 0 Å². The van der Waals surface area contributed by atoms with Gasteiger partial charge >= 0.3 is 0 Å². The van der Waals surface area contributed by atoms with E-state index in [2.05, 4.69) is 43.0 Å².